The highest BCUT2D eigenvalue weighted by atomic mass is 35.5. The van der Waals surface area contributed by atoms with Crippen molar-refractivity contribution in [2.45, 2.75) is 12.8 Å². The van der Waals surface area contributed by atoms with Crippen LogP contribution < -0.4 is 11.2 Å². The Kier molecular flexibility index (Phi) is 3.55. The van der Waals surface area contributed by atoms with Gasteiger partial charge in [-0.25, -0.2) is 22.8 Å². The van der Waals surface area contributed by atoms with E-state index in [1.165, 1.54) is 0 Å². The Morgan fingerprint density at radius 1 is 1.27 bits per heavy atom. The van der Waals surface area contributed by atoms with Crippen LogP contribution in [0.15, 0.2) is 36.5 Å². The van der Waals surface area contributed by atoms with Gasteiger partial charge in [-0.1, -0.05) is 11.6 Å². The summed E-state index contributed by atoms with van der Waals surface area (Å²) in [5.74, 6) is 1.78. The minimum absolute atomic E-state index is 0.158. The molecule has 26 heavy (non-hydrogen) atoms. The van der Waals surface area contributed by atoms with Crippen LogP contribution in [-0.2, 0) is 5.92 Å². The molecule has 2 heterocycles. The molecule has 2 aromatic carbocycles. The fourth-order valence-corrected chi connectivity index (χ4v) is 3.03. The van der Waals surface area contributed by atoms with Crippen LogP contribution in [0.3, 0.4) is 0 Å². The Hall–Kier alpha value is -2.87. The van der Waals surface area contributed by atoms with E-state index in [2.05, 4.69) is 15.3 Å². The zero-order chi connectivity index (χ0) is 18.6. The zero-order valence-electron chi connectivity index (χ0n) is 13.4. The fourth-order valence-electron chi connectivity index (χ4n) is 2.86. The van der Waals surface area contributed by atoms with Crippen LogP contribution in [0.25, 0.3) is 21.9 Å². The highest BCUT2D eigenvalue weighted by Gasteiger charge is 2.29. The van der Waals surface area contributed by atoms with Crippen LogP contribution >= 0.6 is 11.6 Å². The van der Waals surface area contributed by atoms with Gasteiger partial charge < -0.3 is 16.1 Å². The van der Waals surface area contributed by atoms with Crippen LogP contribution in [0.4, 0.5) is 24.8 Å². The Bertz CT molecular complexity index is 1140. The molecule has 0 spiro atoms. The quantitative estimate of drug-likeness (QED) is 0.444. The van der Waals surface area contributed by atoms with Crippen LogP contribution in [-0.4, -0.2) is 14.6 Å². The Balaban J connectivity index is 1.81. The van der Waals surface area contributed by atoms with Gasteiger partial charge in [0.15, 0.2) is 0 Å². The minimum atomic E-state index is -3.32. The maximum Gasteiger partial charge on any atom is 0.273 e. The van der Waals surface area contributed by atoms with E-state index in [9.17, 15) is 13.2 Å². The molecule has 4 N–H and O–H groups in total. The molecule has 4 rings (SSSR count). The predicted molar refractivity (Wildman–Crippen MR) is 96.0 cm³/mol. The van der Waals surface area contributed by atoms with E-state index in [4.69, 9.17) is 17.4 Å². The molecular weight excluding hydrogens is 367 g/mol. The summed E-state index contributed by atoms with van der Waals surface area (Å²) in [4.78, 5) is 7.28. The van der Waals surface area contributed by atoms with Crippen molar-refractivity contribution in [1.29, 1.82) is 0 Å². The van der Waals surface area contributed by atoms with E-state index in [-0.39, 0.29) is 17.0 Å². The molecular formula is C17H13ClF3N5. The Morgan fingerprint density at radius 2 is 2.04 bits per heavy atom. The second kappa shape index (κ2) is 5.57. The number of rotatable bonds is 3. The van der Waals surface area contributed by atoms with Crippen molar-refractivity contribution in [3.8, 4) is 0 Å². The number of anilines is 2. The van der Waals surface area contributed by atoms with Crippen molar-refractivity contribution in [1.82, 2.24) is 14.6 Å². The van der Waals surface area contributed by atoms with Crippen LogP contribution in [0.1, 0.15) is 12.5 Å². The molecule has 0 saturated carbocycles. The molecule has 134 valence electrons. The summed E-state index contributed by atoms with van der Waals surface area (Å²) >= 11 is 6.02. The minimum Gasteiger partial charge on any atom is -0.359 e. The normalized spacial score (nSPS) is 12.2. The van der Waals surface area contributed by atoms with Crippen LogP contribution in [0, 0.1) is 5.82 Å². The van der Waals surface area contributed by atoms with Gasteiger partial charge in [-0.15, -0.1) is 0 Å². The van der Waals surface area contributed by atoms with Crippen molar-refractivity contribution >= 4 is 45.2 Å². The molecule has 4 aromatic rings. The van der Waals surface area contributed by atoms with Gasteiger partial charge >= 0.3 is 0 Å². The molecule has 0 atom stereocenters. The number of benzene rings is 2. The summed E-state index contributed by atoms with van der Waals surface area (Å²) in [5, 5.41) is 4.37. The lowest BCUT2D eigenvalue weighted by molar-refractivity contribution is 0.0139. The number of H-pyrrole nitrogens is 1. The third kappa shape index (κ3) is 2.62. The number of hydrogen-bond donors (Lipinski definition) is 3. The van der Waals surface area contributed by atoms with E-state index < -0.39 is 17.3 Å². The van der Waals surface area contributed by atoms with Crippen LogP contribution in [0.5, 0.6) is 0 Å². The summed E-state index contributed by atoms with van der Waals surface area (Å²) < 4.78 is 42.2. The lowest BCUT2D eigenvalue weighted by Crippen LogP contribution is -2.13. The maximum absolute atomic E-state index is 14.0. The molecule has 0 aliphatic carbocycles. The van der Waals surface area contributed by atoms with Crippen molar-refractivity contribution in [2.24, 2.45) is 0 Å². The largest absolute Gasteiger partial charge is 0.359 e. The summed E-state index contributed by atoms with van der Waals surface area (Å²) in [5.41, 5.74) is 1.11. The number of nitrogen functional groups attached to an aromatic ring is 1. The number of nitrogens with zero attached hydrogens (tertiary/aromatic N) is 2. The molecule has 0 aliphatic heterocycles. The summed E-state index contributed by atoms with van der Waals surface area (Å²) in [6.45, 7) is 0.630. The van der Waals surface area contributed by atoms with E-state index >= 15 is 0 Å². The van der Waals surface area contributed by atoms with Crippen molar-refractivity contribution < 1.29 is 13.2 Å². The van der Waals surface area contributed by atoms with Gasteiger partial charge in [0.2, 0.25) is 5.95 Å². The van der Waals surface area contributed by atoms with Crippen molar-refractivity contribution in [2.75, 3.05) is 11.2 Å². The van der Waals surface area contributed by atoms with Gasteiger partial charge in [-0.3, -0.25) is 0 Å². The maximum atomic E-state index is 14.0. The average molecular weight is 380 g/mol. The SMILES string of the molecule is CC(F)(F)c1cc2nc(Nc3c[nH]c4ccc(Cl)cc34)n(N)c2cc1F. The molecule has 0 fully saturated rings. The van der Waals surface area contributed by atoms with Gasteiger partial charge in [0.1, 0.15) is 5.82 Å². The van der Waals surface area contributed by atoms with E-state index in [0.29, 0.717) is 17.6 Å². The number of nitrogens with one attached hydrogen (secondary N) is 2. The van der Waals surface area contributed by atoms with E-state index in [0.717, 1.165) is 27.7 Å². The molecule has 0 unspecified atom stereocenters. The zero-order valence-corrected chi connectivity index (χ0v) is 14.2. The Morgan fingerprint density at radius 3 is 2.77 bits per heavy atom. The fraction of sp³-hybridized carbons (Fsp3) is 0.118. The highest BCUT2D eigenvalue weighted by Crippen LogP contribution is 2.33. The topological polar surface area (TPSA) is 71.7 Å². The molecule has 0 radical (unpaired) electrons. The van der Waals surface area contributed by atoms with Crippen molar-refractivity contribution in [3.63, 3.8) is 0 Å². The first-order chi connectivity index (χ1) is 12.2. The Labute approximate surface area is 150 Å². The standard InChI is InChI=1S/C17H13ClF3N5/c1-17(20,21)10-5-13-15(6-11(10)19)26(22)16(24-13)25-14-7-23-12-3-2-8(18)4-9(12)14/h2-7,23H,22H2,1H3,(H,24,25). The number of aromatic nitrogens is 3. The van der Waals surface area contributed by atoms with Gasteiger partial charge in [-0.05, 0) is 24.3 Å². The highest BCUT2D eigenvalue weighted by molar-refractivity contribution is 6.31. The van der Waals surface area contributed by atoms with E-state index in [1.807, 2.05) is 6.07 Å². The summed E-state index contributed by atoms with van der Waals surface area (Å²) in [7, 11) is 0. The first kappa shape index (κ1) is 16.6. The first-order valence-electron chi connectivity index (χ1n) is 7.63. The van der Waals surface area contributed by atoms with Crippen molar-refractivity contribution in [3.05, 3.63) is 52.9 Å². The molecule has 9 heteroatoms. The number of nitrogens with two attached hydrogens (primary N) is 1. The second-order valence-corrected chi connectivity index (χ2v) is 6.47. The number of imidazole rings is 1. The summed E-state index contributed by atoms with van der Waals surface area (Å²) in [6, 6.07) is 7.28. The lowest BCUT2D eigenvalue weighted by atomic mass is 10.1. The van der Waals surface area contributed by atoms with Gasteiger partial charge in [-0.2, -0.15) is 0 Å². The molecule has 2 aromatic heterocycles. The smallest absolute Gasteiger partial charge is 0.273 e. The van der Waals surface area contributed by atoms with Gasteiger partial charge in [0.25, 0.3) is 5.92 Å². The monoisotopic (exact) mass is 379 g/mol. The third-order valence-electron chi connectivity index (χ3n) is 4.14. The molecule has 5 nitrogen and oxygen atoms in total. The molecule has 0 saturated heterocycles. The number of aromatic amines is 1. The van der Waals surface area contributed by atoms with E-state index in [1.54, 1.807) is 18.3 Å². The van der Waals surface area contributed by atoms with Gasteiger partial charge in [0, 0.05) is 35.1 Å². The van der Waals surface area contributed by atoms with Crippen LogP contribution in [0.2, 0.25) is 5.02 Å². The predicted octanol–water partition coefficient (Wildman–Crippen LogP) is 4.88. The number of alkyl halides is 2. The first-order valence-corrected chi connectivity index (χ1v) is 8.01. The third-order valence-corrected chi connectivity index (χ3v) is 4.38. The van der Waals surface area contributed by atoms with Gasteiger partial charge in [0.05, 0.1) is 22.3 Å². The number of fused-ring (bicyclic) bond motifs is 2. The number of hydrogen-bond acceptors (Lipinski definition) is 3. The lowest BCUT2D eigenvalue weighted by Gasteiger charge is -2.11. The molecule has 0 aliphatic rings. The number of halogens is 4. The average Bonchev–Trinajstić information content (AvgIpc) is 3.08. The second-order valence-electron chi connectivity index (χ2n) is 6.03. The summed E-state index contributed by atoms with van der Waals surface area (Å²) in [6.07, 6.45) is 1.70. The molecule has 0 amide bonds. The molecule has 0 bridgehead atoms.